The number of hydrogen-bond acceptors (Lipinski definition) is 2. The van der Waals surface area contributed by atoms with Gasteiger partial charge in [0.1, 0.15) is 5.82 Å². The normalized spacial score (nSPS) is 16.7. The van der Waals surface area contributed by atoms with Crippen molar-refractivity contribution in [2.75, 3.05) is 0 Å². The van der Waals surface area contributed by atoms with Gasteiger partial charge in [-0.1, -0.05) is 30.8 Å². The van der Waals surface area contributed by atoms with Crippen LogP contribution in [0, 0.1) is 12.7 Å². The monoisotopic (exact) mass is 388 g/mol. The zero-order valence-corrected chi connectivity index (χ0v) is 15.5. The van der Waals surface area contributed by atoms with Crippen molar-refractivity contribution in [2.24, 2.45) is 0 Å². The first-order chi connectivity index (χ1) is 13.1. The second-order valence-electron chi connectivity index (χ2n) is 6.72. The van der Waals surface area contributed by atoms with Gasteiger partial charge in [0, 0.05) is 22.7 Å². The SMILES string of the molecule is C=C(NC1=CC(c2ccccc2C(F)(F)F)NC(C)=C1)c1cc(F)ccc1C. The molecular weight excluding hydrogens is 368 g/mol. The number of allylic oxidation sites excluding steroid dienone is 2. The highest BCUT2D eigenvalue weighted by molar-refractivity contribution is 5.67. The number of benzene rings is 2. The zero-order chi connectivity index (χ0) is 20.5. The van der Waals surface area contributed by atoms with Crippen molar-refractivity contribution in [3.8, 4) is 0 Å². The van der Waals surface area contributed by atoms with Crippen molar-refractivity contribution >= 4 is 5.70 Å². The van der Waals surface area contributed by atoms with Gasteiger partial charge in [-0.2, -0.15) is 13.2 Å². The van der Waals surface area contributed by atoms with Gasteiger partial charge in [0.15, 0.2) is 0 Å². The Balaban J connectivity index is 1.92. The number of aryl methyl sites for hydroxylation is 1. The third kappa shape index (κ3) is 4.27. The molecule has 1 unspecified atom stereocenters. The Kier molecular flexibility index (Phi) is 5.31. The predicted molar refractivity (Wildman–Crippen MR) is 102 cm³/mol. The highest BCUT2D eigenvalue weighted by Gasteiger charge is 2.35. The summed E-state index contributed by atoms with van der Waals surface area (Å²) in [6, 6.07) is 9.21. The summed E-state index contributed by atoms with van der Waals surface area (Å²) < 4.78 is 53.7. The zero-order valence-electron chi connectivity index (χ0n) is 15.5. The average Bonchev–Trinajstić information content (AvgIpc) is 2.62. The summed E-state index contributed by atoms with van der Waals surface area (Å²) in [6.07, 6.45) is -1.01. The maximum Gasteiger partial charge on any atom is 0.416 e. The van der Waals surface area contributed by atoms with E-state index >= 15 is 0 Å². The fourth-order valence-electron chi connectivity index (χ4n) is 3.22. The average molecular weight is 388 g/mol. The number of alkyl halides is 3. The minimum absolute atomic E-state index is 0.134. The molecule has 0 spiro atoms. The Morgan fingerprint density at radius 2 is 1.82 bits per heavy atom. The highest BCUT2D eigenvalue weighted by atomic mass is 19.4. The van der Waals surface area contributed by atoms with Crippen LogP contribution >= 0.6 is 0 Å². The minimum atomic E-state index is -4.45. The van der Waals surface area contributed by atoms with Crippen LogP contribution in [0.4, 0.5) is 17.6 Å². The molecule has 0 bridgehead atoms. The van der Waals surface area contributed by atoms with Crippen LogP contribution in [0.2, 0.25) is 0 Å². The lowest BCUT2D eigenvalue weighted by atomic mass is 9.96. The quantitative estimate of drug-likeness (QED) is 0.643. The summed E-state index contributed by atoms with van der Waals surface area (Å²) in [4.78, 5) is 0. The van der Waals surface area contributed by atoms with Crippen LogP contribution < -0.4 is 10.6 Å². The van der Waals surface area contributed by atoms with Crippen molar-refractivity contribution in [3.05, 3.63) is 101 Å². The Bertz CT molecular complexity index is 971. The number of nitrogens with one attached hydrogen (secondary N) is 2. The van der Waals surface area contributed by atoms with Gasteiger partial charge < -0.3 is 10.6 Å². The van der Waals surface area contributed by atoms with E-state index in [9.17, 15) is 17.6 Å². The van der Waals surface area contributed by atoms with Crippen molar-refractivity contribution in [1.82, 2.24) is 10.6 Å². The summed E-state index contributed by atoms with van der Waals surface area (Å²) in [5, 5.41) is 6.16. The van der Waals surface area contributed by atoms with E-state index in [1.807, 2.05) is 6.92 Å². The van der Waals surface area contributed by atoms with Crippen molar-refractivity contribution in [1.29, 1.82) is 0 Å². The molecule has 0 radical (unpaired) electrons. The lowest BCUT2D eigenvalue weighted by Crippen LogP contribution is -2.26. The third-order valence-electron chi connectivity index (χ3n) is 4.52. The van der Waals surface area contributed by atoms with Gasteiger partial charge in [-0.05, 0) is 55.3 Å². The van der Waals surface area contributed by atoms with E-state index in [1.165, 1.54) is 24.3 Å². The van der Waals surface area contributed by atoms with Crippen LogP contribution in [0.15, 0.2) is 72.6 Å². The molecule has 0 fully saturated rings. The lowest BCUT2D eigenvalue weighted by Gasteiger charge is -2.26. The molecule has 0 aliphatic carbocycles. The second kappa shape index (κ2) is 7.54. The van der Waals surface area contributed by atoms with Gasteiger partial charge in [-0.25, -0.2) is 4.39 Å². The van der Waals surface area contributed by atoms with Crippen molar-refractivity contribution < 1.29 is 17.6 Å². The smallest absolute Gasteiger partial charge is 0.378 e. The maximum absolute atomic E-state index is 13.6. The van der Waals surface area contributed by atoms with Crippen LogP contribution in [0.1, 0.15) is 35.2 Å². The molecule has 6 heteroatoms. The molecule has 28 heavy (non-hydrogen) atoms. The van der Waals surface area contributed by atoms with Gasteiger partial charge in [0.25, 0.3) is 0 Å². The maximum atomic E-state index is 13.6. The molecule has 3 rings (SSSR count). The standard InChI is InChI=1S/C22H20F4N2/c1-13-8-9-16(23)11-19(13)15(3)28-17-10-14(2)27-21(12-17)18-6-4-5-7-20(18)22(24,25)26/h4-12,21,27-28H,3H2,1-2H3. The fraction of sp³-hybridized carbons (Fsp3) is 0.182. The van der Waals surface area contributed by atoms with Gasteiger partial charge in [-0.3, -0.25) is 0 Å². The topological polar surface area (TPSA) is 24.1 Å². The Labute approximate surface area is 161 Å². The first-order valence-corrected chi connectivity index (χ1v) is 8.70. The van der Waals surface area contributed by atoms with E-state index < -0.39 is 17.8 Å². The molecule has 0 saturated heterocycles. The van der Waals surface area contributed by atoms with Gasteiger partial charge in [0.2, 0.25) is 0 Å². The summed E-state index contributed by atoms with van der Waals surface area (Å²) in [5.41, 5.74) is 2.66. The van der Waals surface area contributed by atoms with E-state index in [0.717, 1.165) is 11.6 Å². The molecule has 0 amide bonds. The number of halogens is 4. The van der Waals surface area contributed by atoms with Gasteiger partial charge in [-0.15, -0.1) is 0 Å². The van der Waals surface area contributed by atoms with Gasteiger partial charge >= 0.3 is 6.18 Å². The molecule has 2 N–H and O–H groups in total. The molecule has 1 atom stereocenters. The molecule has 1 aliphatic heterocycles. The van der Waals surface area contributed by atoms with E-state index in [0.29, 0.717) is 22.7 Å². The molecule has 2 aromatic carbocycles. The molecule has 2 nitrogen and oxygen atoms in total. The van der Waals surface area contributed by atoms with Crippen LogP contribution in [-0.4, -0.2) is 0 Å². The van der Waals surface area contributed by atoms with Crippen molar-refractivity contribution in [2.45, 2.75) is 26.1 Å². The van der Waals surface area contributed by atoms with E-state index in [-0.39, 0.29) is 11.4 Å². The number of dihydropyridines is 1. The predicted octanol–water partition coefficient (Wildman–Crippen LogP) is 5.85. The Morgan fingerprint density at radius 3 is 2.54 bits per heavy atom. The van der Waals surface area contributed by atoms with E-state index in [4.69, 9.17) is 0 Å². The Hall–Kier alpha value is -3.02. The molecule has 0 aromatic heterocycles. The number of hydrogen-bond donors (Lipinski definition) is 2. The van der Waals surface area contributed by atoms with Crippen LogP contribution in [0.25, 0.3) is 5.70 Å². The summed E-state index contributed by atoms with van der Waals surface area (Å²) in [5.74, 6) is -0.383. The lowest BCUT2D eigenvalue weighted by molar-refractivity contribution is -0.138. The minimum Gasteiger partial charge on any atom is -0.378 e. The molecule has 2 aromatic rings. The second-order valence-corrected chi connectivity index (χ2v) is 6.72. The van der Waals surface area contributed by atoms with E-state index in [2.05, 4.69) is 17.2 Å². The van der Waals surface area contributed by atoms with E-state index in [1.54, 1.807) is 31.2 Å². The van der Waals surface area contributed by atoms with Crippen LogP contribution in [0.5, 0.6) is 0 Å². The Morgan fingerprint density at radius 1 is 1.11 bits per heavy atom. The third-order valence-corrected chi connectivity index (χ3v) is 4.52. The summed E-state index contributed by atoms with van der Waals surface area (Å²) in [7, 11) is 0. The molecule has 146 valence electrons. The fourth-order valence-corrected chi connectivity index (χ4v) is 3.22. The molecule has 1 heterocycles. The molecular formula is C22H20F4N2. The van der Waals surface area contributed by atoms with Crippen molar-refractivity contribution in [3.63, 3.8) is 0 Å². The summed E-state index contributed by atoms with van der Waals surface area (Å²) in [6.45, 7) is 7.56. The first kappa shape index (κ1) is 19.7. The molecule has 1 aliphatic rings. The largest absolute Gasteiger partial charge is 0.416 e. The highest BCUT2D eigenvalue weighted by Crippen LogP contribution is 2.36. The molecule has 0 saturated carbocycles. The van der Waals surface area contributed by atoms with Gasteiger partial charge in [0.05, 0.1) is 11.6 Å². The first-order valence-electron chi connectivity index (χ1n) is 8.70. The van der Waals surface area contributed by atoms with Crippen LogP contribution in [0.3, 0.4) is 0 Å². The van der Waals surface area contributed by atoms with Crippen LogP contribution in [-0.2, 0) is 6.18 Å². The number of rotatable bonds is 4. The summed E-state index contributed by atoms with van der Waals surface area (Å²) >= 11 is 0.